The van der Waals surface area contributed by atoms with Crippen LogP contribution >= 0.6 is 15.9 Å². The molecule has 1 aromatic rings. The third-order valence-corrected chi connectivity index (χ3v) is 3.19. The number of aliphatic hydroxyl groups is 1. The molecule has 0 aliphatic carbocycles. The van der Waals surface area contributed by atoms with Crippen molar-refractivity contribution < 1.29 is 9.90 Å². The molecule has 5 heteroatoms. The number of nitrogens with one attached hydrogen (secondary N) is 1. The van der Waals surface area contributed by atoms with Crippen LogP contribution in [0.3, 0.4) is 0 Å². The maximum Gasteiger partial charge on any atom is 0.251 e. The maximum absolute atomic E-state index is 11.8. The number of hydrogen-bond acceptors (Lipinski definition) is 3. The van der Waals surface area contributed by atoms with Gasteiger partial charge in [0.05, 0.1) is 6.10 Å². The standard InChI is InChI=1S/C13H19BrN2O2/c1-8(2)5-10(17)7-16-13(18)9-3-4-12(15)11(14)6-9/h3-4,6,8,10,17H,5,7,15H2,1-2H3,(H,16,18). The van der Waals surface area contributed by atoms with Crippen LogP contribution in [-0.4, -0.2) is 23.7 Å². The molecule has 0 saturated carbocycles. The number of aliphatic hydroxyl groups excluding tert-OH is 1. The van der Waals surface area contributed by atoms with E-state index in [1.165, 1.54) is 0 Å². The van der Waals surface area contributed by atoms with E-state index in [4.69, 9.17) is 5.73 Å². The lowest BCUT2D eigenvalue weighted by molar-refractivity contribution is 0.0900. The van der Waals surface area contributed by atoms with E-state index < -0.39 is 6.10 Å². The SMILES string of the molecule is CC(C)CC(O)CNC(=O)c1ccc(N)c(Br)c1. The molecule has 0 bridgehead atoms. The number of benzene rings is 1. The molecule has 1 rings (SSSR count). The van der Waals surface area contributed by atoms with Crippen molar-refractivity contribution in [2.24, 2.45) is 5.92 Å². The Morgan fingerprint density at radius 2 is 2.17 bits per heavy atom. The third kappa shape index (κ3) is 4.66. The normalized spacial score (nSPS) is 12.5. The molecule has 4 N–H and O–H groups in total. The van der Waals surface area contributed by atoms with Crippen molar-refractivity contribution >= 4 is 27.5 Å². The van der Waals surface area contributed by atoms with Crippen LogP contribution in [0.15, 0.2) is 22.7 Å². The van der Waals surface area contributed by atoms with Crippen molar-refractivity contribution in [3.63, 3.8) is 0 Å². The molecule has 0 heterocycles. The van der Waals surface area contributed by atoms with Crippen molar-refractivity contribution in [3.8, 4) is 0 Å². The minimum absolute atomic E-state index is 0.210. The molecule has 0 aromatic heterocycles. The van der Waals surface area contributed by atoms with E-state index in [1.54, 1.807) is 18.2 Å². The maximum atomic E-state index is 11.8. The lowest BCUT2D eigenvalue weighted by atomic mass is 10.1. The Bertz CT molecular complexity index is 421. The van der Waals surface area contributed by atoms with E-state index in [-0.39, 0.29) is 12.5 Å². The predicted molar refractivity (Wildman–Crippen MR) is 76.3 cm³/mol. The van der Waals surface area contributed by atoms with E-state index in [1.807, 2.05) is 13.8 Å². The molecule has 1 amide bonds. The first kappa shape index (κ1) is 15.0. The van der Waals surface area contributed by atoms with E-state index in [0.717, 1.165) is 0 Å². The molecule has 1 aromatic carbocycles. The third-order valence-electron chi connectivity index (χ3n) is 2.50. The zero-order valence-electron chi connectivity index (χ0n) is 10.6. The average Bonchev–Trinajstić information content (AvgIpc) is 2.28. The van der Waals surface area contributed by atoms with Crippen molar-refractivity contribution in [1.82, 2.24) is 5.32 Å². The molecule has 18 heavy (non-hydrogen) atoms. The molecule has 100 valence electrons. The van der Waals surface area contributed by atoms with Gasteiger partial charge in [-0.15, -0.1) is 0 Å². The Morgan fingerprint density at radius 3 is 2.72 bits per heavy atom. The number of nitrogen functional groups attached to an aromatic ring is 1. The first-order valence-corrected chi connectivity index (χ1v) is 6.70. The molecule has 0 aliphatic rings. The number of anilines is 1. The molecule has 0 saturated heterocycles. The zero-order chi connectivity index (χ0) is 13.7. The van der Waals surface area contributed by atoms with Gasteiger partial charge in [-0.2, -0.15) is 0 Å². The van der Waals surface area contributed by atoms with E-state index in [2.05, 4.69) is 21.2 Å². The fourth-order valence-corrected chi connectivity index (χ4v) is 1.99. The second-order valence-corrected chi connectivity index (χ2v) is 5.58. The first-order chi connectivity index (χ1) is 8.40. The van der Waals surface area contributed by atoms with Gasteiger partial charge in [0.25, 0.3) is 5.91 Å². The van der Waals surface area contributed by atoms with Gasteiger partial charge in [-0.05, 0) is 46.5 Å². The monoisotopic (exact) mass is 314 g/mol. The van der Waals surface area contributed by atoms with Gasteiger partial charge in [-0.25, -0.2) is 0 Å². The van der Waals surface area contributed by atoms with Crippen molar-refractivity contribution in [3.05, 3.63) is 28.2 Å². The van der Waals surface area contributed by atoms with Gasteiger partial charge in [-0.3, -0.25) is 4.79 Å². The number of amides is 1. The van der Waals surface area contributed by atoms with Crippen LogP contribution < -0.4 is 11.1 Å². The molecule has 1 unspecified atom stereocenters. The molecular formula is C13H19BrN2O2. The van der Waals surface area contributed by atoms with Crippen LogP contribution in [0.4, 0.5) is 5.69 Å². The molecule has 1 atom stereocenters. The Balaban J connectivity index is 2.52. The second kappa shape index (κ2) is 6.75. The lowest BCUT2D eigenvalue weighted by Gasteiger charge is -2.14. The Hall–Kier alpha value is -1.07. The summed E-state index contributed by atoms with van der Waals surface area (Å²) in [6, 6.07) is 4.99. The highest BCUT2D eigenvalue weighted by molar-refractivity contribution is 9.10. The molecule has 0 spiro atoms. The first-order valence-electron chi connectivity index (χ1n) is 5.91. The number of carbonyl (C=O) groups excluding carboxylic acids is 1. The van der Waals surface area contributed by atoms with Gasteiger partial charge in [0.1, 0.15) is 0 Å². The highest BCUT2D eigenvalue weighted by atomic mass is 79.9. The van der Waals surface area contributed by atoms with Crippen molar-refractivity contribution in [1.29, 1.82) is 0 Å². The molecule has 0 aliphatic heterocycles. The molecule has 0 fully saturated rings. The van der Waals surface area contributed by atoms with Gasteiger partial charge in [0.15, 0.2) is 0 Å². The van der Waals surface area contributed by atoms with Crippen LogP contribution in [0.1, 0.15) is 30.6 Å². The summed E-state index contributed by atoms with van der Waals surface area (Å²) in [7, 11) is 0. The number of halogens is 1. The fourth-order valence-electron chi connectivity index (χ4n) is 1.61. The highest BCUT2D eigenvalue weighted by Gasteiger charge is 2.11. The number of hydrogen-bond donors (Lipinski definition) is 3. The van der Waals surface area contributed by atoms with Crippen LogP contribution in [0, 0.1) is 5.92 Å². The average molecular weight is 315 g/mol. The van der Waals surface area contributed by atoms with E-state index >= 15 is 0 Å². The minimum Gasteiger partial charge on any atom is -0.398 e. The lowest BCUT2D eigenvalue weighted by Crippen LogP contribution is -2.32. The predicted octanol–water partition coefficient (Wildman–Crippen LogP) is 2.17. The molecule has 0 radical (unpaired) electrons. The second-order valence-electron chi connectivity index (χ2n) is 4.73. The quantitative estimate of drug-likeness (QED) is 0.729. The van der Waals surface area contributed by atoms with Gasteiger partial charge in [0.2, 0.25) is 0 Å². The van der Waals surface area contributed by atoms with Crippen LogP contribution in [0.2, 0.25) is 0 Å². The van der Waals surface area contributed by atoms with Crippen molar-refractivity contribution in [2.75, 3.05) is 12.3 Å². The topological polar surface area (TPSA) is 75.3 Å². The van der Waals surface area contributed by atoms with Gasteiger partial charge in [-0.1, -0.05) is 13.8 Å². The summed E-state index contributed by atoms with van der Waals surface area (Å²) >= 11 is 3.27. The summed E-state index contributed by atoms with van der Waals surface area (Å²) in [5.41, 5.74) is 6.76. The van der Waals surface area contributed by atoms with Gasteiger partial charge < -0.3 is 16.2 Å². The summed E-state index contributed by atoms with van der Waals surface area (Å²) in [6.45, 7) is 4.32. The Kier molecular flexibility index (Phi) is 5.62. The van der Waals surface area contributed by atoms with Crippen molar-refractivity contribution in [2.45, 2.75) is 26.4 Å². The Morgan fingerprint density at radius 1 is 1.50 bits per heavy atom. The minimum atomic E-state index is -0.508. The van der Waals surface area contributed by atoms with Gasteiger partial charge in [0, 0.05) is 22.3 Å². The number of nitrogens with two attached hydrogens (primary N) is 1. The van der Waals surface area contributed by atoms with Crippen LogP contribution in [0.25, 0.3) is 0 Å². The summed E-state index contributed by atoms with van der Waals surface area (Å²) in [5, 5.41) is 12.4. The largest absolute Gasteiger partial charge is 0.398 e. The zero-order valence-corrected chi connectivity index (χ0v) is 12.2. The van der Waals surface area contributed by atoms with E-state index in [0.29, 0.717) is 28.1 Å². The van der Waals surface area contributed by atoms with Crippen LogP contribution in [0.5, 0.6) is 0 Å². The Labute approximate surface area is 116 Å². The number of carbonyl (C=O) groups is 1. The van der Waals surface area contributed by atoms with E-state index in [9.17, 15) is 9.90 Å². The smallest absolute Gasteiger partial charge is 0.251 e. The number of rotatable bonds is 5. The summed E-state index contributed by atoms with van der Waals surface area (Å²) in [6.07, 6.45) is 0.164. The summed E-state index contributed by atoms with van der Waals surface area (Å²) in [4.78, 5) is 11.8. The molecule has 4 nitrogen and oxygen atoms in total. The van der Waals surface area contributed by atoms with Gasteiger partial charge >= 0.3 is 0 Å². The summed E-state index contributed by atoms with van der Waals surface area (Å²) < 4.78 is 0.692. The fraction of sp³-hybridized carbons (Fsp3) is 0.462. The van der Waals surface area contributed by atoms with Crippen LogP contribution in [-0.2, 0) is 0 Å². The molecular weight excluding hydrogens is 296 g/mol. The highest BCUT2D eigenvalue weighted by Crippen LogP contribution is 2.20. The summed E-state index contributed by atoms with van der Waals surface area (Å²) in [5.74, 6) is 0.195.